The summed E-state index contributed by atoms with van der Waals surface area (Å²) >= 11 is 0. The van der Waals surface area contributed by atoms with Crippen molar-refractivity contribution in [3.05, 3.63) is 71.9 Å². The van der Waals surface area contributed by atoms with Crippen LogP contribution in [0, 0.1) is 0 Å². The fraction of sp³-hybridized carbons (Fsp3) is 0.150. The van der Waals surface area contributed by atoms with Crippen LogP contribution in [-0.2, 0) is 0 Å². The van der Waals surface area contributed by atoms with Gasteiger partial charge in [0, 0.05) is 22.9 Å². The summed E-state index contributed by atoms with van der Waals surface area (Å²) in [5.41, 5.74) is 4.65. The third-order valence-corrected chi connectivity index (χ3v) is 3.81. The van der Waals surface area contributed by atoms with Crippen molar-refractivity contribution in [2.75, 3.05) is 0 Å². The Morgan fingerprint density at radius 2 is 1.74 bits per heavy atom. The lowest BCUT2D eigenvalue weighted by Gasteiger charge is -2.07. The molecule has 2 aromatic carbocycles. The van der Waals surface area contributed by atoms with E-state index in [-0.39, 0.29) is 0 Å². The van der Waals surface area contributed by atoms with Crippen LogP contribution in [0.2, 0.25) is 0 Å². The summed E-state index contributed by atoms with van der Waals surface area (Å²) in [6, 6.07) is 17.6. The normalized spacial score (nSPS) is 10.7. The summed E-state index contributed by atoms with van der Waals surface area (Å²) in [4.78, 5) is 19.9. The number of aromatic nitrogens is 2. The van der Waals surface area contributed by atoms with Gasteiger partial charge in [0.05, 0.1) is 5.69 Å². The van der Waals surface area contributed by atoms with Crippen molar-refractivity contribution in [1.82, 2.24) is 9.97 Å². The molecule has 1 aromatic heterocycles. The van der Waals surface area contributed by atoms with E-state index in [1.807, 2.05) is 24.3 Å². The van der Waals surface area contributed by atoms with Gasteiger partial charge >= 0.3 is 0 Å². The maximum Gasteiger partial charge on any atom is 0.159 e. The molecule has 114 valence electrons. The molecule has 0 bridgehead atoms. The van der Waals surface area contributed by atoms with Gasteiger partial charge in [-0.2, -0.15) is 0 Å². The number of carbonyl (C=O) groups excluding carboxylic acids is 1. The highest BCUT2D eigenvalue weighted by Crippen LogP contribution is 2.23. The maximum absolute atomic E-state index is 10.9. The molecule has 3 nitrogen and oxygen atoms in total. The third kappa shape index (κ3) is 3.34. The number of benzene rings is 2. The average Bonchev–Trinajstić information content (AvgIpc) is 2.62. The molecule has 0 fully saturated rings. The predicted molar refractivity (Wildman–Crippen MR) is 92.4 cm³/mol. The van der Waals surface area contributed by atoms with Gasteiger partial charge in [-0.15, -0.1) is 0 Å². The van der Waals surface area contributed by atoms with Gasteiger partial charge in [0.15, 0.2) is 5.82 Å². The van der Waals surface area contributed by atoms with Crippen LogP contribution in [0.3, 0.4) is 0 Å². The van der Waals surface area contributed by atoms with Crippen molar-refractivity contribution in [2.45, 2.75) is 19.8 Å². The van der Waals surface area contributed by atoms with Crippen LogP contribution in [0.25, 0.3) is 22.6 Å². The third-order valence-electron chi connectivity index (χ3n) is 3.81. The average molecular weight is 302 g/mol. The number of hydrogen-bond acceptors (Lipinski definition) is 3. The molecule has 0 aliphatic carbocycles. The first kappa shape index (κ1) is 15.1. The van der Waals surface area contributed by atoms with Crippen LogP contribution < -0.4 is 0 Å². The topological polar surface area (TPSA) is 42.9 Å². The second kappa shape index (κ2) is 6.53. The Kier molecular flexibility index (Phi) is 4.29. The smallest absolute Gasteiger partial charge is 0.159 e. The van der Waals surface area contributed by atoms with E-state index in [4.69, 9.17) is 0 Å². The molecule has 1 heterocycles. The summed E-state index contributed by atoms with van der Waals surface area (Å²) in [7, 11) is 0. The number of nitrogens with zero attached hydrogens (tertiary/aromatic N) is 2. The van der Waals surface area contributed by atoms with E-state index in [0.717, 1.165) is 23.1 Å². The number of aldehydes is 1. The van der Waals surface area contributed by atoms with E-state index >= 15 is 0 Å². The van der Waals surface area contributed by atoms with Crippen LogP contribution in [0.1, 0.15) is 35.7 Å². The van der Waals surface area contributed by atoms with Gasteiger partial charge in [-0.25, -0.2) is 9.97 Å². The standard InChI is InChI=1S/C20H18N2O/c1-14(2)16-6-8-17(9-7-16)20-21-11-10-19(22-20)18-5-3-4-15(12-18)13-23/h3-14H,1-2H3. The van der Waals surface area contributed by atoms with Gasteiger partial charge in [-0.3, -0.25) is 4.79 Å². The minimum atomic E-state index is 0.502. The largest absolute Gasteiger partial charge is 0.298 e. The van der Waals surface area contributed by atoms with Crippen molar-refractivity contribution in [2.24, 2.45) is 0 Å². The zero-order chi connectivity index (χ0) is 16.2. The van der Waals surface area contributed by atoms with Crippen LogP contribution in [0.4, 0.5) is 0 Å². The van der Waals surface area contributed by atoms with Crippen molar-refractivity contribution in [3.63, 3.8) is 0 Å². The molecule has 0 unspecified atom stereocenters. The molecule has 3 aromatic rings. The minimum absolute atomic E-state index is 0.502. The lowest BCUT2D eigenvalue weighted by atomic mass is 10.0. The molecular formula is C20H18N2O. The highest BCUT2D eigenvalue weighted by molar-refractivity contribution is 5.78. The highest BCUT2D eigenvalue weighted by atomic mass is 16.1. The molecule has 3 heteroatoms. The van der Waals surface area contributed by atoms with Gasteiger partial charge in [-0.05, 0) is 23.6 Å². The number of carbonyl (C=O) groups is 1. The summed E-state index contributed by atoms with van der Waals surface area (Å²) < 4.78 is 0. The Bertz CT molecular complexity index is 823. The van der Waals surface area contributed by atoms with Gasteiger partial charge in [0.2, 0.25) is 0 Å². The number of hydrogen-bond donors (Lipinski definition) is 0. The fourth-order valence-electron chi connectivity index (χ4n) is 2.45. The molecule has 0 N–H and O–H groups in total. The second-order valence-corrected chi connectivity index (χ2v) is 5.79. The number of rotatable bonds is 4. The Balaban J connectivity index is 1.97. The van der Waals surface area contributed by atoms with Crippen molar-refractivity contribution in [1.29, 1.82) is 0 Å². The zero-order valence-corrected chi connectivity index (χ0v) is 13.2. The van der Waals surface area contributed by atoms with Gasteiger partial charge in [-0.1, -0.05) is 56.3 Å². The first-order valence-electron chi connectivity index (χ1n) is 7.66. The highest BCUT2D eigenvalue weighted by Gasteiger charge is 2.06. The maximum atomic E-state index is 10.9. The van der Waals surface area contributed by atoms with Crippen molar-refractivity contribution in [3.8, 4) is 22.6 Å². The lowest BCUT2D eigenvalue weighted by Crippen LogP contribution is -1.93. The van der Waals surface area contributed by atoms with E-state index < -0.39 is 0 Å². The summed E-state index contributed by atoms with van der Waals surface area (Å²) in [5, 5.41) is 0. The Labute approximate surface area is 136 Å². The molecule has 23 heavy (non-hydrogen) atoms. The van der Waals surface area contributed by atoms with Crippen LogP contribution in [-0.4, -0.2) is 16.3 Å². The summed E-state index contributed by atoms with van der Waals surface area (Å²) in [5.74, 6) is 1.19. The molecular weight excluding hydrogens is 284 g/mol. The molecule has 0 saturated carbocycles. The molecule has 0 radical (unpaired) electrons. The van der Waals surface area contributed by atoms with Crippen molar-refractivity contribution >= 4 is 6.29 Å². The van der Waals surface area contributed by atoms with Crippen molar-refractivity contribution < 1.29 is 4.79 Å². The Morgan fingerprint density at radius 3 is 2.43 bits per heavy atom. The van der Waals surface area contributed by atoms with Gasteiger partial charge in [0.25, 0.3) is 0 Å². The molecule has 0 aliphatic heterocycles. The Morgan fingerprint density at radius 1 is 0.957 bits per heavy atom. The van der Waals surface area contributed by atoms with Gasteiger partial charge < -0.3 is 0 Å². The van der Waals surface area contributed by atoms with E-state index in [2.05, 4.69) is 48.1 Å². The Hall–Kier alpha value is -2.81. The van der Waals surface area contributed by atoms with E-state index in [1.165, 1.54) is 5.56 Å². The van der Waals surface area contributed by atoms with Crippen LogP contribution in [0.5, 0.6) is 0 Å². The SMILES string of the molecule is CC(C)c1ccc(-c2nccc(-c3cccc(C=O)c3)n2)cc1. The van der Waals surface area contributed by atoms with Crippen LogP contribution in [0.15, 0.2) is 60.8 Å². The first-order chi connectivity index (χ1) is 11.2. The quantitative estimate of drug-likeness (QED) is 0.653. The lowest BCUT2D eigenvalue weighted by molar-refractivity contribution is 0.112. The second-order valence-electron chi connectivity index (χ2n) is 5.79. The predicted octanol–water partition coefficient (Wildman–Crippen LogP) is 4.75. The molecule has 0 saturated heterocycles. The summed E-state index contributed by atoms with van der Waals surface area (Å²) in [6.07, 6.45) is 2.60. The van der Waals surface area contributed by atoms with Gasteiger partial charge in [0.1, 0.15) is 6.29 Å². The van der Waals surface area contributed by atoms with E-state index in [9.17, 15) is 4.79 Å². The minimum Gasteiger partial charge on any atom is -0.298 e. The van der Waals surface area contributed by atoms with E-state index in [0.29, 0.717) is 17.3 Å². The van der Waals surface area contributed by atoms with E-state index in [1.54, 1.807) is 12.3 Å². The zero-order valence-electron chi connectivity index (χ0n) is 13.2. The molecule has 0 atom stereocenters. The monoisotopic (exact) mass is 302 g/mol. The molecule has 3 rings (SSSR count). The first-order valence-corrected chi connectivity index (χ1v) is 7.66. The molecule has 0 amide bonds. The molecule has 0 aliphatic rings. The molecule has 0 spiro atoms. The summed E-state index contributed by atoms with van der Waals surface area (Å²) in [6.45, 7) is 4.35. The fourth-order valence-corrected chi connectivity index (χ4v) is 2.45. The van der Waals surface area contributed by atoms with Crippen LogP contribution >= 0.6 is 0 Å².